The second kappa shape index (κ2) is 10.2. The maximum atomic E-state index is 12.8. The lowest BCUT2D eigenvalue weighted by molar-refractivity contribution is -0.122. The molecule has 0 aromatic heterocycles. The van der Waals surface area contributed by atoms with Crippen LogP contribution in [0.15, 0.2) is 54.6 Å². The number of piperidine rings is 1. The van der Waals surface area contributed by atoms with Gasteiger partial charge in [0, 0.05) is 44.5 Å². The molecule has 2 aromatic carbocycles. The normalized spacial score (nSPS) is 17.9. The minimum absolute atomic E-state index is 0.0585. The molecule has 2 aliphatic rings. The Balaban J connectivity index is 1.22. The summed E-state index contributed by atoms with van der Waals surface area (Å²) in [6.07, 6.45) is 1.89. The summed E-state index contributed by atoms with van der Waals surface area (Å²) in [5.41, 5.74) is 3.48. The third kappa shape index (κ3) is 5.49. The lowest BCUT2D eigenvalue weighted by atomic mass is 10.0. The Bertz CT molecular complexity index is 905. The predicted molar refractivity (Wildman–Crippen MR) is 128 cm³/mol. The van der Waals surface area contributed by atoms with Gasteiger partial charge in [-0.15, -0.1) is 0 Å². The van der Waals surface area contributed by atoms with Gasteiger partial charge in [0.2, 0.25) is 5.91 Å². The van der Waals surface area contributed by atoms with Crippen LogP contribution < -0.4 is 10.2 Å². The molecule has 0 unspecified atom stereocenters. The van der Waals surface area contributed by atoms with Crippen molar-refractivity contribution in [1.82, 2.24) is 15.1 Å². The largest absolute Gasteiger partial charge is 0.352 e. The lowest BCUT2D eigenvalue weighted by Crippen LogP contribution is -2.47. The van der Waals surface area contributed by atoms with E-state index in [1.54, 1.807) is 9.80 Å². The second-order valence-corrected chi connectivity index (χ2v) is 9.21. The van der Waals surface area contributed by atoms with Crippen LogP contribution in [0.4, 0.5) is 10.5 Å². The fourth-order valence-corrected chi connectivity index (χ4v) is 4.53. The molecule has 0 bridgehead atoms. The van der Waals surface area contributed by atoms with Gasteiger partial charge in [0.15, 0.2) is 0 Å². The molecule has 2 aromatic rings. The number of hydrogen-bond acceptors (Lipinski definition) is 3. The van der Waals surface area contributed by atoms with Crippen LogP contribution in [0.5, 0.6) is 0 Å². The summed E-state index contributed by atoms with van der Waals surface area (Å²) in [6, 6.07) is 18.7. The summed E-state index contributed by atoms with van der Waals surface area (Å²) in [4.78, 5) is 31.3. The molecule has 0 atom stereocenters. The highest BCUT2D eigenvalue weighted by Gasteiger charge is 2.31. The van der Waals surface area contributed by atoms with Gasteiger partial charge in [0.05, 0.1) is 0 Å². The average Bonchev–Trinajstić information content (AvgIpc) is 3.15. The van der Waals surface area contributed by atoms with Gasteiger partial charge in [-0.2, -0.15) is 0 Å². The molecule has 6 nitrogen and oxygen atoms in total. The average molecular weight is 435 g/mol. The molecule has 3 amide bonds. The highest BCUT2D eigenvalue weighted by Crippen LogP contribution is 2.23. The fourth-order valence-electron chi connectivity index (χ4n) is 4.53. The zero-order valence-corrected chi connectivity index (χ0v) is 19.2. The Morgan fingerprint density at radius 1 is 0.969 bits per heavy atom. The van der Waals surface area contributed by atoms with Crippen LogP contribution in [-0.2, 0) is 11.3 Å². The van der Waals surface area contributed by atoms with Crippen molar-refractivity contribution < 1.29 is 9.59 Å². The molecule has 32 heavy (non-hydrogen) atoms. The van der Waals surface area contributed by atoms with Gasteiger partial charge in [-0.25, -0.2) is 4.79 Å². The number of anilines is 1. The van der Waals surface area contributed by atoms with E-state index in [-0.39, 0.29) is 24.5 Å². The van der Waals surface area contributed by atoms with Gasteiger partial charge in [-0.1, -0.05) is 56.3 Å². The Kier molecular flexibility index (Phi) is 7.10. The first-order chi connectivity index (χ1) is 15.5. The Morgan fingerprint density at radius 2 is 1.66 bits per heavy atom. The third-order valence-electron chi connectivity index (χ3n) is 6.50. The van der Waals surface area contributed by atoms with Gasteiger partial charge in [-0.3, -0.25) is 14.6 Å². The van der Waals surface area contributed by atoms with E-state index >= 15 is 0 Å². The molecule has 2 heterocycles. The standard InChI is InChI=1S/C26H34N4O2/c1-20(2)22-8-10-24(11-9-22)30-17-16-29(26(30)32)19-25(31)27-23-12-14-28(15-13-23)18-21-6-4-3-5-7-21/h3-11,20,23H,12-19H2,1-2H3,(H,27,31). The van der Waals surface area contributed by atoms with Crippen molar-refractivity contribution in [3.8, 4) is 0 Å². The number of carbonyl (C=O) groups excluding carboxylic acids is 2. The summed E-state index contributed by atoms with van der Waals surface area (Å²) in [5.74, 6) is 0.403. The molecule has 1 N–H and O–H groups in total. The monoisotopic (exact) mass is 434 g/mol. The molecular weight excluding hydrogens is 400 g/mol. The molecular formula is C26H34N4O2. The second-order valence-electron chi connectivity index (χ2n) is 9.21. The molecule has 170 valence electrons. The number of amides is 3. The van der Waals surface area contributed by atoms with Crippen LogP contribution in [0.2, 0.25) is 0 Å². The lowest BCUT2D eigenvalue weighted by Gasteiger charge is -2.32. The number of rotatable bonds is 7. The van der Waals surface area contributed by atoms with E-state index in [4.69, 9.17) is 0 Å². The van der Waals surface area contributed by atoms with Gasteiger partial charge < -0.3 is 10.2 Å². The maximum Gasteiger partial charge on any atom is 0.325 e. The quantitative estimate of drug-likeness (QED) is 0.721. The van der Waals surface area contributed by atoms with Crippen LogP contribution in [0, 0.1) is 0 Å². The van der Waals surface area contributed by atoms with Crippen LogP contribution in [-0.4, -0.2) is 60.5 Å². The smallest absolute Gasteiger partial charge is 0.325 e. The number of urea groups is 1. The van der Waals surface area contributed by atoms with Crippen molar-refractivity contribution in [2.45, 2.75) is 45.2 Å². The summed E-state index contributed by atoms with van der Waals surface area (Å²) in [7, 11) is 0. The van der Waals surface area contributed by atoms with E-state index in [9.17, 15) is 9.59 Å². The molecule has 0 aliphatic carbocycles. The summed E-state index contributed by atoms with van der Waals surface area (Å²) >= 11 is 0. The summed E-state index contributed by atoms with van der Waals surface area (Å²) in [6.45, 7) is 8.54. The highest BCUT2D eigenvalue weighted by atomic mass is 16.2. The number of nitrogens with one attached hydrogen (secondary N) is 1. The van der Waals surface area contributed by atoms with Gasteiger partial charge >= 0.3 is 6.03 Å². The van der Waals surface area contributed by atoms with E-state index in [0.29, 0.717) is 19.0 Å². The first-order valence-corrected chi connectivity index (χ1v) is 11.7. The molecule has 0 spiro atoms. The van der Waals surface area contributed by atoms with Gasteiger partial charge in [0.25, 0.3) is 0 Å². The van der Waals surface area contributed by atoms with Crippen LogP contribution in [0.25, 0.3) is 0 Å². The van der Waals surface area contributed by atoms with Gasteiger partial charge in [-0.05, 0) is 42.0 Å². The Morgan fingerprint density at radius 3 is 2.31 bits per heavy atom. The van der Waals surface area contributed by atoms with E-state index in [1.807, 2.05) is 18.2 Å². The number of likely N-dealkylation sites (tertiary alicyclic amines) is 1. The molecule has 2 aliphatic heterocycles. The van der Waals surface area contributed by atoms with Crippen molar-refractivity contribution in [3.05, 3.63) is 65.7 Å². The first kappa shape index (κ1) is 22.3. The van der Waals surface area contributed by atoms with E-state index < -0.39 is 0 Å². The topological polar surface area (TPSA) is 55.9 Å². The molecule has 2 fully saturated rings. The number of nitrogens with zero attached hydrogens (tertiary/aromatic N) is 3. The molecule has 2 saturated heterocycles. The maximum absolute atomic E-state index is 12.8. The van der Waals surface area contributed by atoms with Crippen molar-refractivity contribution in [1.29, 1.82) is 0 Å². The van der Waals surface area contributed by atoms with Crippen molar-refractivity contribution in [3.63, 3.8) is 0 Å². The molecule has 4 rings (SSSR count). The summed E-state index contributed by atoms with van der Waals surface area (Å²) < 4.78 is 0. The third-order valence-corrected chi connectivity index (χ3v) is 6.50. The van der Waals surface area contributed by atoms with Crippen LogP contribution >= 0.6 is 0 Å². The zero-order chi connectivity index (χ0) is 22.5. The van der Waals surface area contributed by atoms with Crippen molar-refractivity contribution in [2.75, 3.05) is 37.6 Å². The highest BCUT2D eigenvalue weighted by molar-refractivity contribution is 5.96. The van der Waals surface area contributed by atoms with Crippen molar-refractivity contribution >= 4 is 17.6 Å². The fraction of sp³-hybridized carbons (Fsp3) is 0.462. The minimum atomic E-state index is -0.0878. The molecule has 0 radical (unpaired) electrons. The Hall–Kier alpha value is -2.86. The minimum Gasteiger partial charge on any atom is -0.352 e. The number of hydrogen-bond donors (Lipinski definition) is 1. The number of carbonyl (C=O) groups is 2. The van der Waals surface area contributed by atoms with E-state index in [1.165, 1.54) is 11.1 Å². The molecule has 6 heteroatoms. The first-order valence-electron chi connectivity index (χ1n) is 11.7. The summed E-state index contributed by atoms with van der Waals surface area (Å²) in [5, 5.41) is 3.15. The predicted octanol–water partition coefficient (Wildman–Crippen LogP) is 3.83. The van der Waals surface area contributed by atoms with Gasteiger partial charge in [0.1, 0.15) is 6.54 Å². The number of benzene rings is 2. The van der Waals surface area contributed by atoms with Crippen LogP contribution in [0.3, 0.4) is 0 Å². The molecule has 0 saturated carbocycles. The SMILES string of the molecule is CC(C)c1ccc(N2CCN(CC(=O)NC3CCN(Cc4ccccc4)CC3)C2=O)cc1. The van der Waals surface area contributed by atoms with E-state index in [2.05, 4.69) is 60.5 Å². The van der Waals surface area contributed by atoms with E-state index in [0.717, 1.165) is 38.2 Å². The zero-order valence-electron chi connectivity index (χ0n) is 19.2. The Labute approximate surface area is 191 Å². The van der Waals surface area contributed by atoms with Crippen molar-refractivity contribution in [2.24, 2.45) is 0 Å². The van der Waals surface area contributed by atoms with Crippen LogP contribution in [0.1, 0.15) is 43.7 Å².